The molecule has 4 aliphatic rings. The van der Waals surface area contributed by atoms with Gasteiger partial charge in [0, 0.05) is 34.9 Å². The van der Waals surface area contributed by atoms with Gasteiger partial charge >= 0.3 is 11.9 Å². The molecule has 0 aromatic carbocycles. The van der Waals surface area contributed by atoms with Crippen LogP contribution < -0.4 is 0 Å². The van der Waals surface area contributed by atoms with Crippen LogP contribution in [0.2, 0.25) is 0 Å². The third-order valence-electron chi connectivity index (χ3n) is 6.28. The van der Waals surface area contributed by atoms with Gasteiger partial charge < -0.3 is 24.4 Å². The minimum Gasteiger partial charge on any atom is -0.427 e. The highest BCUT2D eigenvalue weighted by Gasteiger charge is 2.60. The number of hydrogen-bond donors (Lipinski definition) is 1. The smallest absolute Gasteiger partial charge is 0.358 e. The lowest BCUT2D eigenvalue weighted by atomic mass is 9.79. The summed E-state index contributed by atoms with van der Waals surface area (Å²) in [5, 5.41) is 11.5. The number of amides is 1. The molecule has 0 spiro atoms. The first kappa shape index (κ1) is 24.4. The number of carbonyl (C=O) groups is 3. The average Bonchev–Trinajstić information content (AvgIpc) is 3.29. The Morgan fingerprint density at radius 3 is 2.58 bits per heavy atom. The van der Waals surface area contributed by atoms with E-state index in [9.17, 15) is 19.5 Å². The Morgan fingerprint density at radius 1 is 1.30 bits per heavy atom. The fourth-order valence-corrected chi connectivity index (χ4v) is 6.85. The van der Waals surface area contributed by atoms with Gasteiger partial charge in [0.1, 0.15) is 5.70 Å². The summed E-state index contributed by atoms with van der Waals surface area (Å²) < 4.78 is 10.3. The molecule has 9 nitrogen and oxygen atoms in total. The van der Waals surface area contributed by atoms with E-state index in [4.69, 9.17) is 9.47 Å². The van der Waals surface area contributed by atoms with Gasteiger partial charge in [-0.1, -0.05) is 18.7 Å². The predicted octanol–water partition coefficient (Wildman–Crippen LogP) is 1.67. The van der Waals surface area contributed by atoms with Crippen LogP contribution in [0.3, 0.4) is 0 Å². The molecule has 4 atom stereocenters. The monoisotopic (exact) mass is 497 g/mol. The number of aliphatic hydroxyl groups is 1. The molecule has 0 bridgehead atoms. The summed E-state index contributed by atoms with van der Waals surface area (Å²) >= 11 is 3.36. The van der Waals surface area contributed by atoms with Crippen LogP contribution in [0, 0.1) is 17.3 Å². The second-order valence-corrected chi connectivity index (χ2v) is 12.3. The van der Waals surface area contributed by atoms with Gasteiger partial charge in [-0.2, -0.15) is 0 Å². The molecule has 1 N–H and O–H groups in total. The van der Waals surface area contributed by atoms with Crippen molar-refractivity contribution < 1.29 is 29.0 Å². The third kappa shape index (κ3) is 4.51. The maximum Gasteiger partial charge on any atom is 0.358 e. The largest absolute Gasteiger partial charge is 0.427 e. The maximum absolute atomic E-state index is 13.0. The van der Waals surface area contributed by atoms with E-state index < -0.39 is 36.2 Å². The number of amidine groups is 1. The van der Waals surface area contributed by atoms with Gasteiger partial charge in [0.2, 0.25) is 12.7 Å². The van der Waals surface area contributed by atoms with Crippen molar-refractivity contribution in [3.63, 3.8) is 0 Å². The number of hydrogen-bond acceptors (Lipinski definition) is 10. The molecule has 2 saturated heterocycles. The van der Waals surface area contributed by atoms with Crippen LogP contribution in [-0.2, 0) is 23.9 Å². The Bertz CT molecular complexity index is 906. The number of esters is 2. The Kier molecular flexibility index (Phi) is 6.76. The van der Waals surface area contributed by atoms with Crippen molar-refractivity contribution in [3.05, 3.63) is 10.6 Å². The average molecular weight is 498 g/mol. The van der Waals surface area contributed by atoms with Crippen LogP contribution in [0.25, 0.3) is 0 Å². The highest BCUT2D eigenvalue weighted by atomic mass is 32.2. The molecule has 4 aliphatic heterocycles. The molecule has 0 aliphatic carbocycles. The van der Waals surface area contributed by atoms with Gasteiger partial charge in [-0.15, -0.1) is 11.8 Å². The first-order valence-electron chi connectivity index (χ1n) is 11.2. The lowest BCUT2D eigenvalue weighted by Crippen LogP contribution is -2.63. The molecule has 33 heavy (non-hydrogen) atoms. The number of rotatable bonds is 6. The number of carbonyl (C=O) groups excluding carboxylic acids is 3. The highest BCUT2D eigenvalue weighted by molar-refractivity contribution is 8.14. The SMILES string of the molecule is CC(O)C1C(=O)N2C(C(=O)OCOC(=O)C(C)(C)C)=C(SC3CN(C4=NCCS4)C3)C(C)[C@@H]12. The van der Waals surface area contributed by atoms with Gasteiger partial charge in [-0.05, 0) is 27.7 Å². The number of fused-ring (bicyclic) bond motifs is 1. The van der Waals surface area contributed by atoms with Crippen molar-refractivity contribution >= 4 is 46.5 Å². The highest BCUT2D eigenvalue weighted by Crippen LogP contribution is 2.52. The predicted molar refractivity (Wildman–Crippen MR) is 126 cm³/mol. The van der Waals surface area contributed by atoms with Crippen LogP contribution in [0.1, 0.15) is 34.6 Å². The first-order chi connectivity index (χ1) is 15.5. The minimum absolute atomic E-state index is 0.0979. The summed E-state index contributed by atoms with van der Waals surface area (Å²) in [5.74, 6) is -1.06. The second-order valence-electron chi connectivity index (χ2n) is 9.86. The summed E-state index contributed by atoms with van der Waals surface area (Å²) in [5.41, 5.74) is -0.493. The van der Waals surface area contributed by atoms with Gasteiger partial charge in [-0.25, -0.2) is 4.79 Å². The summed E-state index contributed by atoms with van der Waals surface area (Å²) in [7, 11) is 0. The minimum atomic E-state index is -0.799. The van der Waals surface area contributed by atoms with Crippen LogP contribution >= 0.6 is 23.5 Å². The number of β-lactam (4-membered cyclic amide) rings is 1. The van der Waals surface area contributed by atoms with Gasteiger partial charge in [0.25, 0.3) is 0 Å². The standard InChI is InChI=1S/C22H31N3O6S2/c1-11-15-14(12(2)26)18(27)25(15)16(19(28)30-10-31-20(29)22(3,4)5)17(11)33-13-8-24(9-13)21-23-6-7-32-21/h11-15,26H,6-10H2,1-5H3/t11?,12?,14?,15-/m0/s1. The van der Waals surface area contributed by atoms with Crippen molar-refractivity contribution in [2.24, 2.45) is 22.2 Å². The molecule has 4 heterocycles. The molecule has 3 unspecified atom stereocenters. The zero-order chi connectivity index (χ0) is 24.1. The van der Waals surface area contributed by atoms with Crippen molar-refractivity contribution in [2.75, 3.05) is 32.2 Å². The van der Waals surface area contributed by atoms with Gasteiger partial charge in [0.05, 0.1) is 30.0 Å². The quantitative estimate of drug-likeness (QED) is 0.333. The van der Waals surface area contributed by atoms with Crippen LogP contribution in [0.4, 0.5) is 0 Å². The molecule has 11 heteroatoms. The van der Waals surface area contributed by atoms with E-state index in [-0.39, 0.29) is 28.8 Å². The van der Waals surface area contributed by atoms with E-state index >= 15 is 0 Å². The zero-order valence-corrected chi connectivity index (χ0v) is 21.2. The van der Waals surface area contributed by atoms with E-state index in [0.717, 1.165) is 35.5 Å². The van der Waals surface area contributed by atoms with Gasteiger partial charge in [0.15, 0.2) is 5.17 Å². The number of aliphatic hydroxyl groups excluding tert-OH is 1. The molecule has 0 radical (unpaired) electrons. The molecular weight excluding hydrogens is 466 g/mol. The molecule has 182 valence electrons. The summed E-state index contributed by atoms with van der Waals surface area (Å²) in [4.78, 5) is 46.8. The Labute approximate surface area is 202 Å². The summed E-state index contributed by atoms with van der Waals surface area (Å²) in [6.45, 7) is 10.7. The van der Waals surface area contributed by atoms with E-state index in [1.807, 2.05) is 6.92 Å². The number of likely N-dealkylation sites (tertiary alicyclic amines) is 1. The van der Waals surface area contributed by atoms with Crippen LogP contribution in [0.15, 0.2) is 15.6 Å². The molecule has 0 saturated carbocycles. The van der Waals surface area contributed by atoms with Crippen LogP contribution in [0.5, 0.6) is 0 Å². The van der Waals surface area contributed by atoms with Crippen molar-refractivity contribution in [1.82, 2.24) is 9.80 Å². The van der Waals surface area contributed by atoms with Crippen molar-refractivity contribution in [3.8, 4) is 0 Å². The fourth-order valence-electron chi connectivity index (χ4n) is 4.45. The lowest BCUT2D eigenvalue weighted by molar-refractivity contribution is -0.175. The number of thioether (sulfide) groups is 2. The molecule has 2 fully saturated rings. The molecule has 4 rings (SSSR count). The maximum atomic E-state index is 13.0. The van der Waals surface area contributed by atoms with E-state index in [1.54, 1.807) is 51.2 Å². The Balaban J connectivity index is 1.47. The number of nitrogens with zero attached hydrogens (tertiary/aromatic N) is 3. The van der Waals surface area contributed by atoms with Crippen molar-refractivity contribution in [2.45, 2.75) is 52.0 Å². The molecular formula is C22H31N3O6S2. The lowest BCUT2D eigenvalue weighted by Gasteiger charge is -2.46. The second kappa shape index (κ2) is 9.14. The third-order valence-corrected chi connectivity index (χ3v) is 8.76. The van der Waals surface area contributed by atoms with E-state index in [1.165, 1.54) is 4.90 Å². The summed E-state index contributed by atoms with van der Waals surface area (Å²) in [6, 6.07) is -0.273. The molecule has 1 amide bonds. The van der Waals surface area contributed by atoms with E-state index in [2.05, 4.69) is 9.89 Å². The van der Waals surface area contributed by atoms with Crippen LogP contribution in [-0.4, -0.2) is 87.5 Å². The first-order valence-corrected chi connectivity index (χ1v) is 13.1. The van der Waals surface area contributed by atoms with Gasteiger partial charge in [-0.3, -0.25) is 14.6 Å². The zero-order valence-electron chi connectivity index (χ0n) is 19.6. The normalized spacial score (nSPS) is 28.2. The number of aliphatic imine (C=N–C) groups is 1. The van der Waals surface area contributed by atoms with E-state index in [0.29, 0.717) is 0 Å². The Morgan fingerprint density at radius 2 is 2.00 bits per heavy atom. The van der Waals surface area contributed by atoms with Crippen molar-refractivity contribution in [1.29, 1.82) is 0 Å². The Hall–Kier alpha value is -1.72. The fraction of sp³-hybridized carbons (Fsp3) is 0.727. The molecule has 0 aromatic heterocycles. The summed E-state index contributed by atoms with van der Waals surface area (Å²) in [6.07, 6.45) is -0.799. The number of ether oxygens (including phenoxy) is 2. The molecule has 0 aromatic rings. The topological polar surface area (TPSA) is 109 Å².